The lowest BCUT2D eigenvalue weighted by Crippen LogP contribution is -2.38. The van der Waals surface area contributed by atoms with E-state index >= 15 is 0 Å². The highest BCUT2D eigenvalue weighted by Crippen LogP contribution is 2.31. The van der Waals surface area contributed by atoms with Crippen LogP contribution in [-0.2, 0) is 6.61 Å². The lowest BCUT2D eigenvalue weighted by atomic mass is 10.1. The average molecular weight is 455 g/mol. The number of pyridine rings is 1. The predicted octanol–water partition coefficient (Wildman–Crippen LogP) is 2.75. The summed E-state index contributed by atoms with van der Waals surface area (Å²) in [5.41, 5.74) is 0. The SMILES string of the molecule is OCc1nc(-c2nnc(N3CCC(Oc4ccncc4Br)CC3)s2)ns1. The first kappa shape index (κ1) is 17.7. The number of piperidine rings is 1. The maximum absolute atomic E-state index is 9.10. The summed E-state index contributed by atoms with van der Waals surface area (Å²) < 4.78 is 11.2. The number of hydrogen-bond acceptors (Lipinski definition) is 10. The van der Waals surface area contributed by atoms with Crippen molar-refractivity contribution < 1.29 is 9.84 Å². The van der Waals surface area contributed by atoms with Gasteiger partial charge in [-0.25, -0.2) is 4.98 Å². The van der Waals surface area contributed by atoms with Gasteiger partial charge in [0.1, 0.15) is 16.9 Å². The maximum Gasteiger partial charge on any atom is 0.208 e. The highest BCUT2D eigenvalue weighted by molar-refractivity contribution is 9.10. The van der Waals surface area contributed by atoms with Crippen LogP contribution in [0, 0.1) is 0 Å². The van der Waals surface area contributed by atoms with Crippen LogP contribution < -0.4 is 9.64 Å². The van der Waals surface area contributed by atoms with Gasteiger partial charge < -0.3 is 14.7 Å². The summed E-state index contributed by atoms with van der Waals surface area (Å²) in [7, 11) is 0. The van der Waals surface area contributed by atoms with E-state index in [1.165, 1.54) is 22.9 Å². The molecule has 0 aliphatic carbocycles. The Hall–Kier alpha value is -1.69. The molecule has 26 heavy (non-hydrogen) atoms. The fraction of sp³-hybridized carbons (Fsp3) is 0.400. The number of rotatable bonds is 5. The summed E-state index contributed by atoms with van der Waals surface area (Å²) >= 11 is 6.11. The van der Waals surface area contributed by atoms with Gasteiger partial charge in [0.2, 0.25) is 11.0 Å². The van der Waals surface area contributed by atoms with Crippen molar-refractivity contribution in [3.8, 4) is 16.6 Å². The number of ether oxygens (including phenoxy) is 1. The van der Waals surface area contributed by atoms with Crippen LogP contribution in [0.4, 0.5) is 5.13 Å². The van der Waals surface area contributed by atoms with E-state index in [1.807, 2.05) is 6.07 Å². The van der Waals surface area contributed by atoms with Crippen LogP contribution in [0.2, 0.25) is 0 Å². The van der Waals surface area contributed by atoms with Crippen LogP contribution in [0.1, 0.15) is 17.8 Å². The fourth-order valence-corrected chi connectivity index (χ4v) is 4.38. The van der Waals surface area contributed by atoms with E-state index in [4.69, 9.17) is 9.84 Å². The third-order valence-corrected chi connectivity index (χ3v) is 6.22. The molecule has 0 atom stereocenters. The van der Waals surface area contributed by atoms with Crippen LogP contribution >= 0.6 is 38.8 Å². The van der Waals surface area contributed by atoms with Gasteiger partial charge in [0.15, 0.2) is 5.01 Å². The molecular formula is C15H15BrN6O2S2. The topological polar surface area (TPSA) is 97.2 Å². The average Bonchev–Trinajstić information content (AvgIpc) is 3.33. The quantitative estimate of drug-likeness (QED) is 0.628. The van der Waals surface area contributed by atoms with Crippen molar-refractivity contribution in [2.45, 2.75) is 25.6 Å². The van der Waals surface area contributed by atoms with Crippen molar-refractivity contribution in [2.24, 2.45) is 0 Å². The molecule has 1 fully saturated rings. The van der Waals surface area contributed by atoms with E-state index in [0.717, 1.165) is 41.3 Å². The van der Waals surface area contributed by atoms with E-state index in [0.29, 0.717) is 15.8 Å². The second-order valence-corrected chi connectivity index (χ2v) is 8.32. The largest absolute Gasteiger partial charge is 0.489 e. The molecule has 0 aromatic carbocycles. The first-order valence-corrected chi connectivity index (χ1v) is 10.4. The van der Waals surface area contributed by atoms with Crippen LogP contribution in [0.15, 0.2) is 22.9 Å². The van der Waals surface area contributed by atoms with Gasteiger partial charge in [-0.3, -0.25) is 4.98 Å². The van der Waals surface area contributed by atoms with E-state index in [-0.39, 0.29) is 12.7 Å². The molecule has 1 aliphatic rings. The van der Waals surface area contributed by atoms with E-state index in [1.54, 1.807) is 12.4 Å². The van der Waals surface area contributed by atoms with Gasteiger partial charge in [0.05, 0.1) is 11.1 Å². The molecule has 4 rings (SSSR count). The van der Waals surface area contributed by atoms with Crippen LogP contribution in [0.3, 0.4) is 0 Å². The normalized spacial score (nSPS) is 15.4. The van der Waals surface area contributed by atoms with Gasteiger partial charge >= 0.3 is 0 Å². The van der Waals surface area contributed by atoms with Crippen LogP contribution in [-0.4, -0.2) is 48.8 Å². The Labute approximate surface area is 166 Å². The monoisotopic (exact) mass is 454 g/mol. The van der Waals surface area contributed by atoms with E-state index in [9.17, 15) is 0 Å². The molecule has 0 spiro atoms. The zero-order valence-corrected chi connectivity index (χ0v) is 16.8. The van der Waals surface area contributed by atoms with Crippen molar-refractivity contribution >= 4 is 43.9 Å². The minimum Gasteiger partial charge on any atom is -0.489 e. The fourth-order valence-electron chi connectivity index (χ4n) is 2.64. The summed E-state index contributed by atoms with van der Waals surface area (Å²) in [6.45, 7) is 1.60. The van der Waals surface area contributed by atoms with Gasteiger partial charge in [0, 0.05) is 38.3 Å². The van der Waals surface area contributed by atoms with E-state index in [2.05, 4.69) is 45.4 Å². The highest BCUT2D eigenvalue weighted by atomic mass is 79.9. The first-order valence-electron chi connectivity index (χ1n) is 8.01. The predicted molar refractivity (Wildman–Crippen MR) is 103 cm³/mol. The smallest absolute Gasteiger partial charge is 0.208 e. The second-order valence-electron chi connectivity index (χ2n) is 5.67. The summed E-state index contributed by atoms with van der Waals surface area (Å²) in [4.78, 5) is 10.5. The number of anilines is 1. The third-order valence-electron chi connectivity index (χ3n) is 3.95. The summed E-state index contributed by atoms with van der Waals surface area (Å²) in [6, 6.07) is 1.87. The molecule has 1 N–H and O–H groups in total. The Kier molecular flexibility index (Phi) is 5.38. The molecule has 136 valence electrons. The first-order chi connectivity index (χ1) is 12.7. The minimum absolute atomic E-state index is 0.107. The molecular weight excluding hydrogens is 440 g/mol. The number of nitrogens with zero attached hydrogens (tertiary/aromatic N) is 6. The Morgan fingerprint density at radius 2 is 2.15 bits per heavy atom. The van der Waals surface area contributed by atoms with Crippen LogP contribution in [0.5, 0.6) is 5.75 Å². The molecule has 8 nitrogen and oxygen atoms in total. The number of aromatic nitrogens is 5. The van der Waals surface area contributed by atoms with Gasteiger partial charge in [-0.15, -0.1) is 10.2 Å². The van der Waals surface area contributed by atoms with Crippen molar-refractivity contribution in [3.05, 3.63) is 27.9 Å². The highest BCUT2D eigenvalue weighted by Gasteiger charge is 2.24. The molecule has 3 aromatic heterocycles. The van der Waals surface area contributed by atoms with Gasteiger partial charge in [-0.05, 0) is 33.5 Å². The summed E-state index contributed by atoms with van der Waals surface area (Å²) in [5.74, 6) is 1.36. The maximum atomic E-state index is 9.10. The summed E-state index contributed by atoms with van der Waals surface area (Å²) in [5, 5.41) is 19.7. The van der Waals surface area contributed by atoms with Crippen LogP contribution in [0.25, 0.3) is 10.8 Å². The molecule has 0 bridgehead atoms. The molecule has 11 heteroatoms. The minimum atomic E-state index is -0.107. The number of aliphatic hydroxyl groups excluding tert-OH is 1. The van der Waals surface area contributed by atoms with Crippen molar-refractivity contribution in [1.29, 1.82) is 0 Å². The van der Waals surface area contributed by atoms with Crippen molar-refractivity contribution in [1.82, 2.24) is 24.5 Å². The Morgan fingerprint density at radius 1 is 1.31 bits per heavy atom. The lowest BCUT2D eigenvalue weighted by molar-refractivity contribution is 0.169. The van der Waals surface area contributed by atoms with Crippen molar-refractivity contribution in [3.63, 3.8) is 0 Å². The molecule has 1 aliphatic heterocycles. The molecule has 1 saturated heterocycles. The molecule has 3 aromatic rings. The molecule has 0 unspecified atom stereocenters. The molecule has 0 amide bonds. The Balaban J connectivity index is 1.37. The number of aliphatic hydroxyl groups is 1. The zero-order chi connectivity index (χ0) is 17.9. The zero-order valence-electron chi connectivity index (χ0n) is 13.6. The van der Waals surface area contributed by atoms with Crippen molar-refractivity contribution in [2.75, 3.05) is 18.0 Å². The molecule has 4 heterocycles. The van der Waals surface area contributed by atoms with Gasteiger partial charge in [-0.2, -0.15) is 4.37 Å². The molecule has 0 saturated carbocycles. The second kappa shape index (κ2) is 7.91. The summed E-state index contributed by atoms with van der Waals surface area (Å²) in [6.07, 6.45) is 5.46. The van der Waals surface area contributed by atoms with Gasteiger partial charge in [0.25, 0.3) is 0 Å². The number of hydrogen-bond donors (Lipinski definition) is 1. The van der Waals surface area contributed by atoms with Gasteiger partial charge in [-0.1, -0.05) is 11.3 Å². The standard InChI is InChI=1S/C15H15BrN6O2S2/c16-10-7-17-4-1-11(10)24-9-2-5-22(6-3-9)15-20-19-14(25-15)13-18-12(8-23)26-21-13/h1,4,7,9,23H,2-3,5-6,8H2. The Bertz CT molecular complexity index is 880. The lowest BCUT2D eigenvalue weighted by Gasteiger charge is -2.31. The number of halogens is 1. The van der Waals surface area contributed by atoms with E-state index < -0.39 is 0 Å². The third kappa shape index (κ3) is 3.85. The Morgan fingerprint density at radius 3 is 2.88 bits per heavy atom. The molecule has 0 radical (unpaired) electrons.